The van der Waals surface area contributed by atoms with Crippen molar-refractivity contribution in [1.82, 2.24) is 20.2 Å². The third kappa shape index (κ3) is 2.49. The number of carbonyl (C=O) groups excluding carboxylic acids is 5. The van der Waals surface area contributed by atoms with Crippen LogP contribution in [0.15, 0.2) is 24.3 Å². The van der Waals surface area contributed by atoms with Gasteiger partial charge >= 0.3 is 6.03 Å². The Balaban J connectivity index is 1.73. The lowest BCUT2D eigenvalue weighted by Crippen LogP contribution is -2.62. The second-order valence-electron chi connectivity index (χ2n) is 6.80. The van der Waals surface area contributed by atoms with Crippen LogP contribution in [0.3, 0.4) is 0 Å². The lowest BCUT2D eigenvalue weighted by Gasteiger charge is -2.42. The molecule has 3 heterocycles. The smallest absolute Gasteiger partial charge is 0.334 e. The van der Waals surface area contributed by atoms with E-state index in [0.717, 1.165) is 9.91 Å². The van der Waals surface area contributed by atoms with Gasteiger partial charge in [0.25, 0.3) is 17.7 Å². The summed E-state index contributed by atoms with van der Waals surface area (Å²) in [6.45, 7) is 1.46. The second kappa shape index (κ2) is 6.19. The predicted octanol–water partition coefficient (Wildman–Crippen LogP) is 0.171. The Labute approximate surface area is 154 Å². The van der Waals surface area contributed by atoms with Gasteiger partial charge in [0.1, 0.15) is 12.1 Å². The van der Waals surface area contributed by atoms with Crippen LogP contribution in [0.2, 0.25) is 0 Å². The van der Waals surface area contributed by atoms with Crippen LogP contribution in [0.5, 0.6) is 0 Å². The molecule has 9 heteroatoms. The van der Waals surface area contributed by atoms with E-state index in [1.165, 1.54) is 24.1 Å². The summed E-state index contributed by atoms with van der Waals surface area (Å²) in [6, 6.07) is 3.83. The Bertz CT molecular complexity index is 847. The van der Waals surface area contributed by atoms with E-state index >= 15 is 0 Å². The monoisotopic (exact) mass is 370 g/mol. The van der Waals surface area contributed by atoms with Gasteiger partial charge in [0.2, 0.25) is 0 Å². The van der Waals surface area contributed by atoms with Crippen molar-refractivity contribution in [2.75, 3.05) is 13.1 Å². The Morgan fingerprint density at radius 3 is 2.30 bits per heavy atom. The quantitative estimate of drug-likeness (QED) is 0.747. The summed E-state index contributed by atoms with van der Waals surface area (Å²) in [7, 11) is 0. The number of nitrogens with zero attached hydrogens (tertiary/aromatic N) is 3. The average Bonchev–Trinajstić information content (AvgIpc) is 2.84. The van der Waals surface area contributed by atoms with E-state index in [1.54, 1.807) is 12.1 Å². The molecule has 0 bridgehead atoms. The number of hydrogen-bond donors (Lipinski definition) is 1. The highest BCUT2D eigenvalue weighted by Gasteiger charge is 2.49. The molecule has 0 aromatic heterocycles. The summed E-state index contributed by atoms with van der Waals surface area (Å²) >= 11 is 0. The number of benzene rings is 1. The highest BCUT2D eigenvalue weighted by Crippen LogP contribution is 2.28. The van der Waals surface area contributed by atoms with Gasteiger partial charge in [0, 0.05) is 13.1 Å². The summed E-state index contributed by atoms with van der Waals surface area (Å²) in [5, 5.41) is 4.93. The van der Waals surface area contributed by atoms with Crippen molar-refractivity contribution >= 4 is 29.5 Å². The number of ketones is 1. The fourth-order valence-electron chi connectivity index (χ4n) is 3.89. The summed E-state index contributed by atoms with van der Waals surface area (Å²) in [5.41, 5.74) is 0.453. The zero-order valence-electron chi connectivity index (χ0n) is 14.7. The topological polar surface area (TPSA) is 107 Å². The number of amides is 5. The fourth-order valence-corrected chi connectivity index (χ4v) is 3.89. The van der Waals surface area contributed by atoms with Crippen molar-refractivity contribution in [3.63, 3.8) is 0 Å². The molecule has 0 unspecified atom stereocenters. The molecule has 4 rings (SSSR count). The van der Waals surface area contributed by atoms with E-state index in [-0.39, 0.29) is 30.0 Å². The van der Waals surface area contributed by atoms with Crippen molar-refractivity contribution < 1.29 is 24.0 Å². The van der Waals surface area contributed by atoms with Crippen LogP contribution in [-0.4, -0.2) is 69.6 Å². The first-order chi connectivity index (χ1) is 12.9. The van der Waals surface area contributed by atoms with Gasteiger partial charge in [-0.15, -0.1) is 0 Å². The minimum Gasteiger partial charge on any atom is -0.334 e. The van der Waals surface area contributed by atoms with Crippen LogP contribution in [0.25, 0.3) is 0 Å². The Kier molecular flexibility index (Phi) is 3.94. The molecule has 2 fully saturated rings. The van der Waals surface area contributed by atoms with Gasteiger partial charge in [-0.05, 0) is 31.9 Å². The number of fused-ring (bicyclic) bond motifs is 2. The molecule has 1 aromatic rings. The molecule has 2 saturated heterocycles. The molecule has 9 nitrogen and oxygen atoms in total. The molecule has 27 heavy (non-hydrogen) atoms. The minimum atomic E-state index is -1.20. The molecule has 1 aromatic carbocycles. The van der Waals surface area contributed by atoms with Crippen LogP contribution in [-0.2, 0) is 9.59 Å². The number of imide groups is 1. The van der Waals surface area contributed by atoms with Crippen molar-refractivity contribution in [3.05, 3.63) is 35.4 Å². The largest absolute Gasteiger partial charge is 0.336 e. The first-order valence-corrected chi connectivity index (χ1v) is 8.77. The highest BCUT2D eigenvalue weighted by molar-refractivity contribution is 6.23. The molecule has 1 N–H and O–H groups in total. The predicted molar refractivity (Wildman–Crippen MR) is 91.4 cm³/mol. The van der Waals surface area contributed by atoms with Crippen LogP contribution in [0, 0.1) is 0 Å². The van der Waals surface area contributed by atoms with Gasteiger partial charge in [-0.3, -0.25) is 24.1 Å². The number of Topliss-reactive ketones (excluding diaryl/α,β-unsaturated/α-hetero) is 1. The van der Waals surface area contributed by atoms with Gasteiger partial charge in [-0.25, -0.2) is 14.8 Å². The molecular formula is C18H18N4O5. The SMILES string of the molecule is CC(=O)[C@@H]1CCCN2C(=O)NC[C@H](N3C(=O)c4ccccc4C3=O)C(=O)N12. The van der Waals surface area contributed by atoms with Crippen molar-refractivity contribution in [2.24, 2.45) is 0 Å². The Hall–Kier alpha value is -3.23. The third-order valence-electron chi connectivity index (χ3n) is 5.20. The average molecular weight is 370 g/mol. The summed E-state index contributed by atoms with van der Waals surface area (Å²) < 4.78 is 0. The van der Waals surface area contributed by atoms with E-state index in [1.807, 2.05) is 0 Å². The van der Waals surface area contributed by atoms with Crippen LogP contribution in [0.4, 0.5) is 4.79 Å². The summed E-state index contributed by atoms with van der Waals surface area (Å²) in [4.78, 5) is 64.2. The van der Waals surface area contributed by atoms with Crippen molar-refractivity contribution in [2.45, 2.75) is 31.8 Å². The van der Waals surface area contributed by atoms with E-state index in [9.17, 15) is 24.0 Å². The fraction of sp³-hybridized carbons (Fsp3) is 0.389. The van der Waals surface area contributed by atoms with Crippen molar-refractivity contribution in [1.29, 1.82) is 0 Å². The lowest BCUT2D eigenvalue weighted by atomic mass is 10.0. The van der Waals surface area contributed by atoms with E-state index in [0.29, 0.717) is 12.8 Å². The van der Waals surface area contributed by atoms with Gasteiger partial charge in [-0.2, -0.15) is 0 Å². The molecule has 0 radical (unpaired) electrons. The van der Waals surface area contributed by atoms with Crippen molar-refractivity contribution in [3.8, 4) is 0 Å². The van der Waals surface area contributed by atoms with Gasteiger partial charge in [-0.1, -0.05) is 12.1 Å². The molecular weight excluding hydrogens is 352 g/mol. The Morgan fingerprint density at radius 1 is 1.07 bits per heavy atom. The summed E-state index contributed by atoms with van der Waals surface area (Å²) in [5.74, 6) is -2.01. The minimum absolute atomic E-state index is 0.194. The van der Waals surface area contributed by atoms with E-state index < -0.39 is 35.8 Å². The standard InChI is InChI=1S/C18H18N4O5/c1-10(23)13-7-4-8-20-18(27)19-9-14(17(26)22(13)20)21-15(24)11-5-2-3-6-12(11)16(21)25/h2-3,5-6,13-14H,4,7-9H2,1H3,(H,19,27)/t13-,14-/m0/s1. The highest BCUT2D eigenvalue weighted by atomic mass is 16.2. The molecule has 3 aliphatic heterocycles. The van der Waals surface area contributed by atoms with Gasteiger partial charge in [0.05, 0.1) is 11.1 Å². The maximum Gasteiger partial charge on any atom is 0.336 e. The van der Waals surface area contributed by atoms with E-state index in [4.69, 9.17) is 0 Å². The molecule has 0 saturated carbocycles. The molecule has 5 amide bonds. The van der Waals surface area contributed by atoms with Crippen LogP contribution < -0.4 is 5.32 Å². The molecule has 0 aliphatic carbocycles. The number of hydrogen-bond acceptors (Lipinski definition) is 5. The second-order valence-corrected chi connectivity index (χ2v) is 6.80. The van der Waals surface area contributed by atoms with Crippen LogP contribution >= 0.6 is 0 Å². The normalized spacial score (nSPS) is 25.1. The Morgan fingerprint density at radius 2 is 1.70 bits per heavy atom. The number of urea groups is 1. The number of hydrazine groups is 1. The first-order valence-electron chi connectivity index (χ1n) is 8.77. The van der Waals surface area contributed by atoms with E-state index in [2.05, 4.69) is 5.32 Å². The first kappa shape index (κ1) is 17.2. The molecule has 2 atom stereocenters. The van der Waals surface area contributed by atoms with Gasteiger partial charge < -0.3 is 5.32 Å². The summed E-state index contributed by atoms with van der Waals surface area (Å²) in [6.07, 6.45) is 1.01. The number of carbonyl (C=O) groups is 5. The zero-order valence-corrected chi connectivity index (χ0v) is 14.7. The lowest BCUT2D eigenvalue weighted by molar-refractivity contribution is -0.160. The number of nitrogens with one attached hydrogen (secondary N) is 1. The number of rotatable bonds is 2. The van der Waals surface area contributed by atoms with Crippen LogP contribution in [0.1, 0.15) is 40.5 Å². The third-order valence-corrected chi connectivity index (χ3v) is 5.20. The maximum atomic E-state index is 13.3. The zero-order chi connectivity index (χ0) is 19.3. The van der Waals surface area contributed by atoms with Gasteiger partial charge in [0.15, 0.2) is 5.78 Å². The molecule has 0 spiro atoms. The molecule has 140 valence electrons. The molecule has 3 aliphatic rings. The maximum absolute atomic E-state index is 13.3.